The van der Waals surface area contributed by atoms with Crippen molar-refractivity contribution >= 4 is 39.1 Å². The van der Waals surface area contributed by atoms with Gasteiger partial charge in [0.1, 0.15) is 0 Å². The molecule has 0 saturated carbocycles. The molecule has 2 heterocycles. The van der Waals surface area contributed by atoms with Crippen molar-refractivity contribution in [1.29, 1.82) is 0 Å². The van der Waals surface area contributed by atoms with Crippen molar-refractivity contribution in [1.82, 2.24) is 9.80 Å². The first-order valence-electron chi connectivity index (χ1n) is 14.4. The molecular weight excluding hydrogens is 594 g/mol. The summed E-state index contributed by atoms with van der Waals surface area (Å²) in [6.07, 6.45) is 0.904. The second-order valence-corrected chi connectivity index (χ2v) is 12.7. The van der Waals surface area contributed by atoms with Crippen LogP contribution in [0.15, 0.2) is 108 Å². The normalized spacial score (nSPS) is 20.0. The molecule has 41 heavy (non-hydrogen) atoms. The second kappa shape index (κ2) is 12.0. The summed E-state index contributed by atoms with van der Waals surface area (Å²) in [5.74, 6) is 0.0643. The molecule has 0 spiro atoms. The Morgan fingerprint density at radius 2 is 1.51 bits per heavy atom. The molecule has 0 N–H and O–H groups in total. The Morgan fingerprint density at radius 1 is 0.854 bits per heavy atom. The number of nitrogens with zero attached hydrogens (tertiary/aromatic N) is 3. The number of carbonyl (C=O) groups is 1. The zero-order valence-corrected chi connectivity index (χ0v) is 25.7. The molecule has 1 saturated heterocycles. The van der Waals surface area contributed by atoms with Gasteiger partial charge in [0.2, 0.25) is 0 Å². The largest absolute Gasteiger partial charge is 0.369 e. The fourth-order valence-electron chi connectivity index (χ4n) is 6.72. The van der Waals surface area contributed by atoms with E-state index in [1.807, 2.05) is 41.3 Å². The topological polar surface area (TPSA) is 26.8 Å². The minimum Gasteiger partial charge on any atom is -0.369 e. The van der Waals surface area contributed by atoms with Gasteiger partial charge in [-0.05, 0) is 78.6 Å². The van der Waals surface area contributed by atoms with Crippen LogP contribution >= 0.6 is 27.5 Å². The molecule has 4 nitrogen and oxygen atoms in total. The van der Waals surface area contributed by atoms with Crippen LogP contribution in [0, 0.1) is 0 Å². The van der Waals surface area contributed by atoms with Crippen molar-refractivity contribution < 1.29 is 4.79 Å². The lowest BCUT2D eigenvalue weighted by Gasteiger charge is -2.48. The zero-order chi connectivity index (χ0) is 28.4. The van der Waals surface area contributed by atoms with Gasteiger partial charge in [-0.1, -0.05) is 82.1 Å². The van der Waals surface area contributed by atoms with Crippen LogP contribution in [0.4, 0.5) is 5.69 Å². The van der Waals surface area contributed by atoms with E-state index < -0.39 is 0 Å². The van der Waals surface area contributed by atoms with Crippen LogP contribution in [0.3, 0.4) is 0 Å². The number of hydrogen-bond donors (Lipinski definition) is 0. The average molecular weight is 629 g/mol. The molecule has 2 aliphatic rings. The number of fused-ring (bicyclic) bond motifs is 1. The number of benzene rings is 4. The van der Waals surface area contributed by atoms with Crippen molar-refractivity contribution in [3.05, 3.63) is 135 Å². The predicted octanol–water partition coefficient (Wildman–Crippen LogP) is 7.65. The van der Waals surface area contributed by atoms with Crippen molar-refractivity contribution in [3.8, 4) is 0 Å². The number of amides is 1. The first kappa shape index (κ1) is 28.0. The maximum Gasteiger partial charge on any atom is 0.254 e. The molecule has 0 radical (unpaired) electrons. The SMILES string of the molecule is CC(CC1(c2ccc(Cl)cc2)CN(C(=O)c2ccc(Br)cc2)Cc2ccccc21)N1CCN(c2ccccc2)CC1. The molecule has 2 atom stereocenters. The van der Waals surface area contributed by atoms with Crippen LogP contribution in [0.25, 0.3) is 0 Å². The lowest BCUT2D eigenvalue weighted by molar-refractivity contribution is 0.0659. The maximum absolute atomic E-state index is 13.9. The van der Waals surface area contributed by atoms with Gasteiger partial charge in [-0.2, -0.15) is 0 Å². The third-order valence-corrected chi connectivity index (χ3v) is 9.61. The average Bonchev–Trinajstić information content (AvgIpc) is 3.02. The Labute approximate surface area is 256 Å². The van der Waals surface area contributed by atoms with Gasteiger partial charge in [-0.15, -0.1) is 0 Å². The fourth-order valence-corrected chi connectivity index (χ4v) is 7.11. The monoisotopic (exact) mass is 627 g/mol. The van der Waals surface area contributed by atoms with Gasteiger partial charge in [0.25, 0.3) is 5.91 Å². The lowest BCUT2D eigenvalue weighted by atomic mass is 9.66. The van der Waals surface area contributed by atoms with Gasteiger partial charge >= 0.3 is 0 Å². The number of carbonyl (C=O) groups excluding carboxylic acids is 1. The Hall–Kier alpha value is -3.12. The van der Waals surface area contributed by atoms with E-state index in [2.05, 4.69) is 99.4 Å². The molecule has 4 aromatic carbocycles. The van der Waals surface area contributed by atoms with E-state index in [-0.39, 0.29) is 11.3 Å². The Bertz CT molecular complexity index is 1490. The first-order valence-corrected chi connectivity index (χ1v) is 15.5. The van der Waals surface area contributed by atoms with Gasteiger partial charge in [0.15, 0.2) is 0 Å². The summed E-state index contributed by atoms with van der Waals surface area (Å²) in [6.45, 7) is 7.61. The minimum atomic E-state index is -0.361. The van der Waals surface area contributed by atoms with Crippen LogP contribution in [0.1, 0.15) is 40.4 Å². The van der Waals surface area contributed by atoms with Gasteiger partial charge in [0.05, 0.1) is 0 Å². The lowest BCUT2D eigenvalue weighted by Crippen LogP contribution is -2.54. The van der Waals surface area contributed by atoms with Crippen molar-refractivity contribution in [3.63, 3.8) is 0 Å². The fraction of sp³-hybridized carbons (Fsp3) is 0.286. The van der Waals surface area contributed by atoms with E-state index >= 15 is 0 Å². The molecule has 0 aromatic heterocycles. The summed E-state index contributed by atoms with van der Waals surface area (Å²) in [4.78, 5) is 21.1. The number of halogens is 2. The first-order chi connectivity index (χ1) is 19.9. The summed E-state index contributed by atoms with van der Waals surface area (Å²) in [5, 5.41) is 0.723. The van der Waals surface area contributed by atoms with E-state index in [0.29, 0.717) is 24.7 Å². The molecule has 210 valence electrons. The minimum absolute atomic E-state index is 0.0643. The molecule has 6 rings (SSSR count). The number of anilines is 1. The standard InChI is InChI=1S/C35H35BrClN3O/c1-26(38-19-21-39(22-20-38)32-8-3-2-4-9-32)23-35(29-13-17-31(37)18-14-29)25-40(24-28-7-5-6-10-33(28)35)34(41)27-11-15-30(36)16-12-27/h2-18,26H,19-25H2,1H3. The van der Waals surface area contributed by atoms with E-state index in [0.717, 1.165) is 42.1 Å². The highest BCUT2D eigenvalue weighted by molar-refractivity contribution is 9.10. The molecule has 0 bridgehead atoms. The van der Waals surface area contributed by atoms with Crippen molar-refractivity contribution in [2.75, 3.05) is 37.6 Å². The molecule has 1 fully saturated rings. The van der Waals surface area contributed by atoms with Crippen LogP contribution in [-0.2, 0) is 12.0 Å². The predicted molar refractivity (Wildman–Crippen MR) is 172 cm³/mol. The number of piperazine rings is 1. The molecule has 0 aliphatic carbocycles. The molecule has 4 aromatic rings. The van der Waals surface area contributed by atoms with Gasteiger partial charge in [0, 0.05) is 71.5 Å². The van der Waals surface area contributed by atoms with E-state index in [1.165, 1.54) is 22.4 Å². The molecule has 6 heteroatoms. The number of rotatable bonds is 6. The van der Waals surface area contributed by atoms with E-state index in [9.17, 15) is 4.79 Å². The summed E-state index contributed by atoms with van der Waals surface area (Å²) in [7, 11) is 0. The van der Waals surface area contributed by atoms with Crippen molar-refractivity contribution in [2.24, 2.45) is 0 Å². The second-order valence-electron chi connectivity index (χ2n) is 11.3. The quantitative estimate of drug-likeness (QED) is 0.220. The Balaban J connectivity index is 1.33. The van der Waals surface area contributed by atoms with Crippen LogP contribution in [0.2, 0.25) is 5.02 Å². The van der Waals surface area contributed by atoms with Crippen molar-refractivity contribution in [2.45, 2.75) is 31.3 Å². The van der Waals surface area contributed by atoms with Gasteiger partial charge < -0.3 is 9.80 Å². The third-order valence-electron chi connectivity index (χ3n) is 8.83. The maximum atomic E-state index is 13.9. The van der Waals surface area contributed by atoms with Crippen LogP contribution in [0.5, 0.6) is 0 Å². The molecular formula is C35H35BrClN3O. The highest BCUT2D eigenvalue weighted by atomic mass is 79.9. The summed E-state index contributed by atoms with van der Waals surface area (Å²) < 4.78 is 0.967. The van der Waals surface area contributed by atoms with Gasteiger partial charge in [-0.3, -0.25) is 9.69 Å². The highest BCUT2D eigenvalue weighted by Crippen LogP contribution is 2.44. The molecule has 1 amide bonds. The Kier molecular flexibility index (Phi) is 8.21. The van der Waals surface area contributed by atoms with Gasteiger partial charge in [-0.25, -0.2) is 0 Å². The molecule has 2 aliphatic heterocycles. The summed E-state index contributed by atoms with van der Waals surface area (Å²) >= 11 is 9.88. The Morgan fingerprint density at radius 3 is 2.22 bits per heavy atom. The smallest absolute Gasteiger partial charge is 0.254 e. The third kappa shape index (κ3) is 5.81. The summed E-state index contributed by atoms with van der Waals surface area (Å²) in [6, 6.07) is 35.7. The number of para-hydroxylation sites is 1. The van der Waals surface area contributed by atoms with Crippen LogP contribution < -0.4 is 4.90 Å². The zero-order valence-electron chi connectivity index (χ0n) is 23.3. The summed E-state index contributed by atoms with van der Waals surface area (Å²) in [5.41, 5.74) is 5.37. The number of hydrogen-bond acceptors (Lipinski definition) is 3. The van der Waals surface area contributed by atoms with E-state index in [4.69, 9.17) is 11.6 Å². The van der Waals surface area contributed by atoms with Crippen LogP contribution in [-0.4, -0.2) is 54.5 Å². The molecule has 2 unspecified atom stereocenters. The van der Waals surface area contributed by atoms with E-state index in [1.54, 1.807) is 0 Å². The highest BCUT2D eigenvalue weighted by Gasteiger charge is 2.44.